The van der Waals surface area contributed by atoms with E-state index >= 15 is 0 Å². The Labute approximate surface area is 103 Å². The van der Waals surface area contributed by atoms with E-state index in [1.165, 1.54) is 11.3 Å². The van der Waals surface area contributed by atoms with E-state index in [0.717, 1.165) is 4.88 Å². The van der Waals surface area contributed by atoms with Gasteiger partial charge in [0.05, 0.1) is 17.0 Å². The summed E-state index contributed by atoms with van der Waals surface area (Å²) in [7, 11) is 0. The van der Waals surface area contributed by atoms with Gasteiger partial charge in [0.15, 0.2) is 0 Å². The van der Waals surface area contributed by atoms with Crippen molar-refractivity contribution >= 4 is 23.2 Å². The van der Waals surface area contributed by atoms with Crippen LogP contribution in [0, 0.1) is 11.8 Å². The number of carbonyl (C=O) groups is 2. The van der Waals surface area contributed by atoms with Crippen LogP contribution >= 0.6 is 11.3 Å². The summed E-state index contributed by atoms with van der Waals surface area (Å²) >= 11 is 1.38. The van der Waals surface area contributed by atoms with Crippen molar-refractivity contribution in [2.24, 2.45) is 11.5 Å². The lowest BCUT2D eigenvalue weighted by molar-refractivity contribution is -0.117. The number of thiophene rings is 1. The third kappa shape index (κ3) is 4.68. The van der Waals surface area contributed by atoms with E-state index in [9.17, 15) is 9.59 Å². The molecule has 0 radical (unpaired) electrons. The van der Waals surface area contributed by atoms with Crippen molar-refractivity contribution in [1.82, 2.24) is 5.32 Å². The van der Waals surface area contributed by atoms with Crippen LogP contribution in [-0.4, -0.2) is 24.9 Å². The van der Waals surface area contributed by atoms with Gasteiger partial charge in [-0.25, -0.2) is 0 Å². The molecule has 1 aromatic rings. The second-order valence-corrected chi connectivity index (χ2v) is 4.09. The van der Waals surface area contributed by atoms with Crippen LogP contribution < -0.4 is 16.8 Å². The fourth-order valence-corrected chi connectivity index (χ4v) is 1.82. The van der Waals surface area contributed by atoms with Crippen molar-refractivity contribution in [2.75, 3.05) is 13.1 Å². The summed E-state index contributed by atoms with van der Waals surface area (Å²) in [6.07, 6.45) is 0.135. The smallest absolute Gasteiger partial charge is 0.252 e. The highest BCUT2D eigenvalue weighted by molar-refractivity contribution is 7.10. The average Bonchev–Trinajstić information content (AvgIpc) is 2.74. The summed E-state index contributed by atoms with van der Waals surface area (Å²) in [4.78, 5) is 22.9. The molecule has 0 fully saturated rings. The number of hydrogen-bond acceptors (Lipinski definition) is 4. The second kappa shape index (κ2) is 6.68. The van der Waals surface area contributed by atoms with Crippen molar-refractivity contribution in [3.05, 3.63) is 21.9 Å². The molecule has 0 unspecified atom stereocenters. The van der Waals surface area contributed by atoms with Gasteiger partial charge in [-0.3, -0.25) is 9.59 Å². The SMILES string of the molecule is NCC#Cc1cc(C(=O)NCCC(N)=O)cs1. The van der Waals surface area contributed by atoms with Gasteiger partial charge in [-0.2, -0.15) is 0 Å². The fourth-order valence-electron chi connectivity index (χ4n) is 1.06. The molecular weight excluding hydrogens is 238 g/mol. The molecule has 0 saturated carbocycles. The quantitative estimate of drug-likeness (QED) is 0.639. The largest absolute Gasteiger partial charge is 0.370 e. The Morgan fingerprint density at radius 2 is 2.24 bits per heavy atom. The molecule has 5 N–H and O–H groups in total. The van der Waals surface area contributed by atoms with Crippen LogP contribution in [0.4, 0.5) is 0 Å². The van der Waals surface area contributed by atoms with Crippen LogP contribution in [0.3, 0.4) is 0 Å². The second-order valence-electron chi connectivity index (χ2n) is 3.18. The maximum atomic E-state index is 11.6. The van der Waals surface area contributed by atoms with Crippen molar-refractivity contribution < 1.29 is 9.59 Å². The number of amides is 2. The lowest BCUT2D eigenvalue weighted by Gasteiger charge is -2.00. The summed E-state index contributed by atoms with van der Waals surface area (Å²) in [5, 5.41) is 4.30. The van der Waals surface area contributed by atoms with Gasteiger partial charge >= 0.3 is 0 Å². The van der Waals surface area contributed by atoms with Crippen LogP contribution in [0.15, 0.2) is 11.4 Å². The Morgan fingerprint density at radius 3 is 2.88 bits per heavy atom. The molecule has 1 heterocycles. The lowest BCUT2D eigenvalue weighted by Crippen LogP contribution is -2.27. The van der Waals surface area contributed by atoms with Crippen LogP contribution in [0.2, 0.25) is 0 Å². The zero-order valence-corrected chi connectivity index (χ0v) is 9.97. The molecule has 0 aliphatic heterocycles. The summed E-state index contributed by atoms with van der Waals surface area (Å²) in [6.45, 7) is 0.534. The standard InChI is InChI=1S/C11H13N3O2S/c12-4-1-2-9-6-8(7-17-9)11(16)14-5-3-10(13)15/h6-7H,3-5,12H2,(H2,13,15)(H,14,16). The third-order valence-electron chi connectivity index (χ3n) is 1.83. The molecule has 5 nitrogen and oxygen atoms in total. The first kappa shape index (κ1) is 13.2. The fraction of sp³-hybridized carbons (Fsp3) is 0.273. The number of nitrogens with one attached hydrogen (secondary N) is 1. The van der Waals surface area contributed by atoms with Crippen molar-refractivity contribution in [3.63, 3.8) is 0 Å². The lowest BCUT2D eigenvalue weighted by atomic mass is 10.3. The molecule has 0 saturated heterocycles. The Hall–Kier alpha value is -1.84. The molecule has 0 aromatic carbocycles. The van der Waals surface area contributed by atoms with Gasteiger partial charge < -0.3 is 16.8 Å². The Morgan fingerprint density at radius 1 is 1.47 bits per heavy atom. The maximum Gasteiger partial charge on any atom is 0.252 e. The van der Waals surface area contributed by atoms with Crippen molar-refractivity contribution in [1.29, 1.82) is 0 Å². The predicted molar refractivity (Wildman–Crippen MR) is 66.4 cm³/mol. The first-order chi connectivity index (χ1) is 8.13. The normalized spacial score (nSPS) is 9.24. The highest BCUT2D eigenvalue weighted by Gasteiger charge is 2.07. The molecule has 6 heteroatoms. The predicted octanol–water partition coefficient (Wildman–Crippen LogP) is -0.336. The van der Waals surface area contributed by atoms with Crippen LogP contribution in [0.25, 0.3) is 0 Å². The molecular formula is C11H13N3O2S. The van der Waals surface area contributed by atoms with Crippen LogP contribution in [0.1, 0.15) is 21.7 Å². The van der Waals surface area contributed by atoms with Gasteiger partial charge in [0.2, 0.25) is 5.91 Å². The molecule has 0 aliphatic carbocycles. The minimum atomic E-state index is -0.440. The van der Waals surface area contributed by atoms with Gasteiger partial charge in [-0.1, -0.05) is 11.8 Å². The van der Waals surface area contributed by atoms with Gasteiger partial charge in [0, 0.05) is 18.3 Å². The van der Waals surface area contributed by atoms with Crippen molar-refractivity contribution in [2.45, 2.75) is 6.42 Å². The van der Waals surface area contributed by atoms with E-state index in [1.54, 1.807) is 11.4 Å². The number of nitrogens with two attached hydrogens (primary N) is 2. The molecule has 1 aromatic heterocycles. The molecule has 0 aliphatic rings. The highest BCUT2D eigenvalue weighted by atomic mass is 32.1. The summed E-state index contributed by atoms with van der Waals surface area (Å²) in [5.74, 6) is 4.88. The topological polar surface area (TPSA) is 98.2 Å². The molecule has 0 atom stereocenters. The number of primary amides is 1. The Kier molecular flexibility index (Phi) is 5.20. The van der Waals surface area contributed by atoms with E-state index in [1.807, 2.05) is 0 Å². The van der Waals surface area contributed by atoms with Gasteiger partial charge in [-0.15, -0.1) is 11.3 Å². The van der Waals surface area contributed by atoms with Gasteiger partial charge in [-0.05, 0) is 6.07 Å². The van der Waals surface area contributed by atoms with Gasteiger partial charge in [0.1, 0.15) is 0 Å². The summed E-state index contributed by atoms with van der Waals surface area (Å²) < 4.78 is 0. The minimum Gasteiger partial charge on any atom is -0.370 e. The Bertz CT molecular complexity index is 471. The van der Waals surface area contributed by atoms with E-state index in [4.69, 9.17) is 11.5 Å². The van der Waals surface area contributed by atoms with E-state index in [2.05, 4.69) is 17.2 Å². The number of carbonyl (C=O) groups excluding carboxylic acids is 2. The molecule has 1 rings (SSSR count). The molecule has 0 spiro atoms. The number of rotatable bonds is 4. The first-order valence-electron chi connectivity index (χ1n) is 4.97. The highest BCUT2D eigenvalue weighted by Crippen LogP contribution is 2.13. The van der Waals surface area contributed by atoms with E-state index < -0.39 is 5.91 Å². The Balaban J connectivity index is 2.52. The molecule has 90 valence electrons. The molecule has 17 heavy (non-hydrogen) atoms. The maximum absolute atomic E-state index is 11.6. The molecule has 0 bridgehead atoms. The zero-order chi connectivity index (χ0) is 12.7. The van der Waals surface area contributed by atoms with Crippen molar-refractivity contribution in [3.8, 4) is 11.8 Å². The average molecular weight is 251 g/mol. The van der Waals surface area contributed by atoms with Crippen LogP contribution in [0.5, 0.6) is 0 Å². The monoisotopic (exact) mass is 251 g/mol. The minimum absolute atomic E-state index is 0.135. The summed E-state index contributed by atoms with van der Waals surface area (Å²) in [5.41, 5.74) is 10.7. The molecule has 2 amide bonds. The zero-order valence-electron chi connectivity index (χ0n) is 9.16. The summed E-state index contributed by atoms with van der Waals surface area (Å²) in [6, 6.07) is 1.69. The number of hydrogen-bond donors (Lipinski definition) is 3. The van der Waals surface area contributed by atoms with E-state index in [0.29, 0.717) is 5.56 Å². The third-order valence-corrected chi connectivity index (χ3v) is 2.68. The van der Waals surface area contributed by atoms with Gasteiger partial charge in [0.25, 0.3) is 5.91 Å². The van der Waals surface area contributed by atoms with Crippen LogP contribution in [-0.2, 0) is 4.79 Å². The van der Waals surface area contributed by atoms with E-state index in [-0.39, 0.29) is 25.4 Å². The first-order valence-corrected chi connectivity index (χ1v) is 5.85.